The van der Waals surface area contributed by atoms with Crippen LogP contribution in [0.3, 0.4) is 0 Å². The molecule has 1 N–H and O–H groups in total. The molecule has 3 aromatic rings. The monoisotopic (exact) mass is 443 g/mol. The number of anilines is 1. The zero-order chi connectivity index (χ0) is 21.9. The second kappa shape index (κ2) is 8.41. The third-order valence-corrected chi connectivity index (χ3v) is 3.80. The van der Waals surface area contributed by atoms with Crippen molar-refractivity contribution in [2.75, 3.05) is 5.32 Å². The number of rotatable bonds is 5. The van der Waals surface area contributed by atoms with Crippen LogP contribution in [0.4, 0.5) is 23.2 Å². The van der Waals surface area contributed by atoms with Gasteiger partial charge in [0.1, 0.15) is 28.5 Å². The number of benzene rings is 2. The molecule has 0 spiro atoms. The van der Waals surface area contributed by atoms with Gasteiger partial charge in [-0.25, -0.2) is 4.39 Å². The number of aromatic nitrogens is 2. The van der Waals surface area contributed by atoms with Crippen LogP contribution in [-0.2, 0) is 0 Å². The summed E-state index contributed by atoms with van der Waals surface area (Å²) in [6.45, 7) is 0. The van der Waals surface area contributed by atoms with Gasteiger partial charge in [0.25, 0.3) is 5.91 Å². The Labute approximate surface area is 171 Å². The minimum Gasteiger partial charge on any atom is -0.594 e. The molecule has 0 atom stereocenters. The Balaban J connectivity index is 1.87. The van der Waals surface area contributed by atoms with E-state index in [0.717, 1.165) is 42.7 Å². The van der Waals surface area contributed by atoms with Crippen molar-refractivity contribution in [1.82, 2.24) is 5.10 Å². The molecule has 3 rings (SSSR count). The number of carbonyl (C=O) groups excluding carboxylic acids is 1. The molecule has 156 valence electrons. The maximum Gasteiger partial charge on any atom is 0.573 e. The van der Waals surface area contributed by atoms with Gasteiger partial charge in [0.05, 0.1) is 11.2 Å². The van der Waals surface area contributed by atoms with Gasteiger partial charge in [-0.2, -0.15) is 0 Å². The van der Waals surface area contributed by atoms with Crippen LogP contribution in [0.5, 0.6) is 17.2 Å². The Morgan fingerprint density at radius 1 is 1.10 bits per heavy atom. The number of nitrogens with zero attached hydrogens (tertiary/aromatic N) is 2. The fourth-order valence-electron chi connectivity index (χ4n) is 2.31. The molecule has 2 aromatic carbocycles. The van der Waals surface area contributed by atoms with Crippen molar-refractivity contribution < 1.29 is 36.7 Å². The van der Waals surface area contributed by atoms with Gasteiger partial charge in [-0.15, -0.1) is 13.2 Å². The van der Waals surface area contributed by atoms with E-state index in [9.17, 15) is 27.6 Å². The maximum absolute atomic E-state index is 14.6. The molecule has 1 heterocycles. The first-order chi connectivity index (χ1) is 14.1. The topological polar surface area (TPSA) is 87.4 Å². The van der Waals surface area contributed by atoms with Gasteiger partial charge < -0.3 is 20.0 Å². The number of hydrogen-bond acceptors (Lipinski definition) is 5. The molecule has 0 radical (unpaired) electrons. The number of alkyl halides is 3. The fourth-order valence-corrected chi connectivity index (χ4v) is 2.47. The summed E-state index contributed by atoms with van der Waals surface area (Å²) in [5, 5.41) is 16.5. The molecule has 0 saturated heterocycles. The van der Waals surface area contributed by atoms with E-state index in [4.69, 9.17) is 16.3 Å². The van der Waals surface area contributed by atoms with Gasteiger partial charge in [-0.3, -0.25) is 4.79 Å². The predicted octanol–water partition coefficient (Wildman–Crippen LogP) is 4.45. The van der Waals surface area contributed by atoms with Gasteiger partial charge in [-0.1, -0.05) is 16.4 Å². The third-order valence-electron chi connectivity index (χ3n) is 3.51. The van der Waals surface area contributed by atoms with E-state index in [0.29, 0.717) is 0 Å². The third kappa shape index (κ3) is 5.26. The molecular formula is C18H10ClF4N3O4. The van der Waals surface area contributed by atoms with Gasteiger partial charge in [0.15, 0.2) is 5.82 Å². The van der Waals surface area contributed by atoms with Gasteiger partial charge in [-0.05, 0) is 42.5 Å². The lowest BCUT2D eigenvalue weighted by atomic mass is 10.1. The zero-order valence-electron chi connectivity index (χ0n) is 14.6. The number of halogens is 5. The van der Waals surface area contributed by atoms with Crippen molar-refractivity contribution in [2.45, 2.75) is 6.36 Å². The predicted molar refractivity (Wildman–Crippen MR) is 95.8 cm³/mol. The molecule has 1 amide bonds. The average molecular weight is 444 g/mol. The molecule has 0 fully saturated rings. The van der Waals surface area contributed by atoms with E-state index in [2.05, 4.69) is 15.2 Å². The molecule has 0 aliphatic heterocycles. The fraction of sp³-hybridized carbons (Fsp3) is 0.0556. The van der Waals surface area contributed by atoms with Crippen molar-refractivity contribution in [3.63, 3.8) is 0 Å². The van der Waals surface area contributed by atoms with Crippen LogP contribution in [0.25, 0.3) is 0 Å². The normalized spacial score (nSPS) is 11.1. The summed E-state index contributed by atoms with van der Waals surface area (Å²) in [6.07, 6.45) is -2.79. The second-order valence-corrected chi connectivity index (χ2v) is 6.04. The van der Waals surface area contributed by atoms with Crippen molar-refractivity contribution in [3.8, 4) is 17.2 Å². The minimum absolute atomic E-state index is 0.00149. The smallest absolute Gasteiger partial charge is 0.573 e. The van der Waals surface area contributed by atoms with Crippen LogP contribution in [0.1, 0.15) is 10.4 Å². The van der Waals surface area contributed by atoms with E-state index in [1.807, 2.05) is 0 Å². The molecular weight excluding hydrogens is 434 g/mol. The lowest BCUT2D eigenvalue weighted by Gasteiger charge is -2.14. The molecule has 7 nitrogen and oxygen atoms in total. The molecule has 0 aliphatic rings. The summed E-state index contributed by atoms with van der Waals surface area (Å²) in [7, 11) is 0. The Bertz CT molecular complexity index is 1080. The summed E-state index contributed by atoms with van der Waals surface area (Å²) in [5.74, 6) is -2.82. The van der Waals surface area contributed by atoms with Crippen molar-refractivity contribution in [1.29, 1.82) is 0 Å². The Morgan fingerprint density at radius 3 is 2.40 bits per heavy atom. The summed E-state index contributed by atoms with van der Waals surface area (Å²) in [6, 6.07) is 7.90. The van der Waals surface area contributed by atoms with Crippen LogP contribution in [0.15, 0.2) is 54.9 Å². The van der Waals surface area contributed by atoms with Crippen molar-refractivity contribution in [2.24, 2.45) is 0 Å². The highest BCUT2D eigenvalue weighted by molar-refractivity contribution is 6.31. The van der Waals surface area contributed by atoms with Crippen molar-refractivity contribution in [3.05, 3.63) is 76.5 Å². The van der Waals surface area contributed by atoms with E-state index in [-0.39, 0.29) is 27.1 Å². The molecule has 0 saturated carbocycles. The van der Waals surface area contributed by atoms with Crippen LogP contribution in [-0.4, -0.2) is 17.4 Å². The van der Waals surface area contributed by atoms with Crippen LogP contribution < -0.4 is 19.6 Å². The van der Waals surface area contributed by atoms with Gasteiger partial charge >= 0.3 is 6.36 Å². The molecule has 1 aromatic heterocycles. The van der Waals surface area contributed by atoms with E-state index < -0.39 is 29.4 Å². The van der Waals surface area contributed by atoms with E-state index in [1.54, 1.807) is 0 Å². The maximum atomic E-state index is 14.6. The summed E-state index contributed by atoms with van der Waals surface area (Å²) in [5.41, 5.74) is -0.545. The van der Waals surface area contributed by atoms with E-state index in [1.165, 1.54) is 12.1 Å². The standard InChI is InChI=1S/C18H10ClF4N3O4/c19-13-5-6-14(29-11-1-3-12(4-2-11)30-18(21,22)23)15(16(13)20)17(27)25-10-7-8-24-26(28)9-10/h1-9H,(H,25,27). The first-order valence-corrected chi connectivity index (χ1v) is 8.39. The number of carbonyl (C=O) groups is 1. The summed E-state index contributed by atoms with van der Waals surface area (Å²) < 4.78 is 60.5. The van der Waals surface area contributed by atoms with Crippen LogP contribution in [0.2, 0.25) is 5.02 Å². The van der Waals surface area contributed by atoms with Gasteiger partial charge in [0.2, 0.25) is 6.20 Å². The number of amides is 1. The number of nitrogens with one attached hydrogen (secondary N) is 1. The first-order valence-electron chi connectivity index (χ1n) is 8.01. The Morgan fingerprint density at radius 2 is 1.77 bits per heavy atom. The van der Waals surface area contributed by atoms with Gasteiger partial charge in [0, 0.05) is 5.10 Å². The molecule has 0 aliphatic carbocycles. The molecule has 0 bridgehead atoms. The van der Waals surface area contributed by atoms with Crippen molar-refractivity contribution >= 4 is 23.2 Å². The SMILES string of the molecule is O=C(Nc1ccn[n+]([O-])c1)c1c(Oc2ccc(OC(F)(F)F)cc2)ccc(Cl)c1F. The number of hydrogen-bond donors (Lipinski definition) is 1. The highest BCUT2D eigenvalue weighted by Crippen LogP contribution is 2.33. The molecule has 30 heavy (non-hydrogen) atoms. The summed E-state index contributed by atoms with van der Waals surface area (Å²) >= 11 is 5.75. The first kappa shape index (κ1) is 21.1. The molecule has 12 heteroatoms. The Kier molecular flexibility index (Phi) is 5.92. The largest absolute Gasteiger partial charge is 0.594 e. The minimum atomic E-state index is -4.86. The van der Waals surface area contributed by atoms with Crippen LogP contribution in [0, 0.1) is 11.0 Å². The number of ether oxygens (including phenoxy) is 2. The lowest BCUT2D eigenvalue weighted by molar-refractivity contribution is -0.668. The highest BCUT2D eigenvalue weighted by atomic mass is 35.5. The highest BCUT2D eigenvalue weighted by Gasteiger charge is 2.31. The average Bonchev–Trinajstić information content (AvgIpc) is 2.65. The lowest BCUT2D eigenvalue weighted by Crippen LogP contribution is -2.30. The second-order valence-electron chi connectivity index (χ2n) is 5.63. The summed E-state index contributed by atoms with van der Waals surface area (Å²) in [4.78, 5) is 12.7. The quantitative estimate of drug-likeness (QED) is 0.357. The van der Waals surface area contributed by atoms with E-state index >= 15 is 0 Å². The molecule has 0 unspecified atom stereocenters. The Hall–Kier alpha value is -3.60. The van der Waals surface area contributed by atoms with Crippen LogP contribution >= 0.6 is 11.6 Å². The zero-order valence-corrected chi connectivity index (χ0v) is 15.4.